The molecule has 2 amide bonds. The second kappa shape index (κ2) is 7.53. The lowest BCUT2D eigenvalue weighted by Crippen LogP contribution is -2.53. The Morgan fingerprint density at radius 1 is 1.50 bits per heavy atom. The fraction of sp³-hybridized carbons (Fsp3) is 0.750. The molecule has 0 aromatic rings. The molecule has 0 aromatic carbocycles. The van der Waals surface area contributed by atoms with E-state index in [4.69, 9.17) is 9.57 Å². The van der Waals surface area contributed by atoms with Crippen molar-refractivity contribution in [1.82, 2.24) is 13.9 Å². The monoisotopic (exact) mass is 348 g/mol. The molecule has 0 spiro atoms. The molecule has 2 aliphatic heterocycles. The maximum atomic E-state index is 12.0. The van der Waals surface area contributed by atoms with Gasteiger partial charge in [-0.15, -0.1) is 0 Å². The number of oxime groups is 1. The first-order valence-electron chi connectivity index (χ1n) is 6.86. The maximum absolute atomic E-state index is 12.0. The fourth-order valence-electron chi connectivity index (χ4n) is 1.87. The third kappa shape index (κ3) is 4.77. The molecule has 0 bridgehead atoms. The van der Waals surface area contributed by atoms with Crippen molar-refractivity contribution in [3.8, 4) is 0 Å². The van der Waals surface area contributed by atoms with Gasteiger partial charge in [0.2, 0.25) is 5.91 Å². The van der Waals surface area contributed by atoms with Crippen LogP contribution in [0.3, 0.4) is 0 Å². The number of nitrogens with zero attached hydrogens (tertiary/aromatic N) is 3. The highest BCUT2D eigenvalue weighted by Gasteiger charge is 2.33. The minimum absolute atomic E-state index is 0.0553. The summed E-state index contributed by atoms with van der Waals surface area (Å²) in [6.07, 6.45) is -0.558. The molecule has 0 aromatic heterocycles. The van der Waals surface area contributed by atoms with E-state index in [1.165, 1.54) is 28.2 Å². The van der Waals surface area contributed by atoms with E-state index in [1.54, 1.807) is 7.05 Å². The number of hydrogen-bond donors (Lipinski definition) is 1. The van der Waals surface area contributed by atoms with Gasteiger partial charge in [-0.1, -0.05) is 16.9 Å². The van der Waals surface area contributed by atoms with Crippen molar-refractivity contribution in [2.45, 2.75) is 19.4 Å². The molecule has 0 unspecified atom stereocenters. The molecule has 2 heterocycles. The smallest absolute Gasteiger partial charge is 0.379 e. The second-order valence-electron chi connectivity index (χ2n) is 5.34. The molecule has 10 heteroatoms. The highest BCUT2D eigenvalue weighted by molar-refractivity contribution is 8.14. The van der Waals surface area contributed by atoms with Crippen molar-refractivity contribution < 1.29 is 19.2 Å². The quantitative estimate of drug-likeness (QED) is 0.461. The van der Waals surface area contributed by atoms with Crippen molar-refractivity contribution in [3.05, 3.63) is 0 Å². The molecule has 124 valence electrons. The topological polar surface area (TPSA) is 83.5 Å². The van der Waals surface area contributed by atoms with Crippen LogP contribution in [0.15, 0.2) is 5.16 Å². The third-order valence-corrected chi connectivity index (χ3v) is 5.25. The number of morpholine rings is 1. The van der Waals surface area contributed by atoms with Gasteiger partial charge < -0.3 is 10.1 Å². The molecule has 2 rings (SSSR count). The largest absolute Gasteiger partial charge is 0.446 e. The molecule has 22 heavy (non-hydrogen) atoms. The van der Waals surface area contributed by atoms with Crippen LogP contribution < -0.4 is 5.32 Å². The van der Waals surface area contributed by atoms with Gasteiger partial charge in [0.15, 0.2) is 0 Å². The summed E-state index contributed by atoms with van der Waals surface area (Å²) in [5.74, 6) is 0.221. The molecule has 1 N–H and O–H groups in total. The molecular formula is C12H20N4O4S2. The van der Waals surface area contributed by atoms with Crippen molar-refractivity contribution in [1.29, 1.82) is 0 Å². The van der Waals surface area contributed by atoms with E-state index >= 15 is 0 Å². The van der Waals surface area contributed by atoms with Crippen molar-refractivity contribution in [3.63, 3.8) is 0 Å². The number of thioether (sulfide) groups is 1. The Morgan fingerprint density at radius 2 is 2.18 bits per heavy atom. The molecule has 2 saturated heterocycles. The summed E-state index contributed by atoms with van der Waals surface area (Å²) < 4.78 is 8.66. The Hall–Kier alpha value is -0.970. The van der Waals surface area contributed by atoms with Gasteiger partial charge in [0.1, 0.15) is 5.04 Å². The number of hydrogen-bond acceptors (Lipinski definition) is 8. The predicted octanol–water partition coefficient (Wildman–Crippen LogP) is 0.905. The Bertz CT molecular complexity index is 466. The van der Waals surface area contributed by atoms with Gasteiger partial charge in [-0.2, -0.15) is 0 Å². The van der Waals surface area contributed by atoms with E-state index in [-0.39, 0.29) is 11.7 Å². The zero-order chi connectivity index (χ0) is 16.2. The van der Waals surface area contributed by atoms with E-state index in [1.807, 2.05) is 18.2 Å². The summed E-state index contributed by atoms with van der Waals surface area (Å²) in [7, 11) is 1.63. The van der Waals surface area contributed by atoms with Gasteiger partial charge in [-0.05, 0) is 13.8 Å². The van der Waals surface area contributed by atoms with Crippen LogP contribution in [0, 0.1) is 0 Å². The minimum Gasteiger partial charge on any atom is -0.379 e. The van der Waals surface area contributed by atoms with E-state index in [0.29, 0.717) is 18.3 Å². The Balaban J connectivity index is 1.85. The number of ether oxygens (including phenoxy) is 1. The first-order valence-corrected chi connectivity index (χ1v) is 8.58. The molecule has 0 aliphatic carbocycles. The van der Waals surface area contributed by atoms with E-state index in [9.17, 15) is 9.59 Å². The van der Waals surface area contributed by atoms with Gasteiger partial charge in [-0.25, -0.2) is 13.4 Å². The lowest BCUT2D eigenvalue weighted by Gasteiger charge is -2.31. The van der Waals surface area contributed by atoms with E-state index < -0.39 is 11.6 Å². The third-order valence-electron chi connectivity index (χ3n) is 3.00. The minimum atomic E-state index is -0.629. The Labute approximate surface area is 138 Å². The molecule has 0 saturated carbocycles. The molecule has 0 atom stereocenters. The van der Waals surface area contributed by atoms with Crippen molar-refractivity contribution in [2.24, 2.45) is 5.16 Å². The van der Waals surface area contributed by atoms with Gasteiger partial charge in [0, 0.05) is 32.3 Å². The van der Waals surface area contributed by atoms with Gasteiger partial charge in [0.25, 0.3) is 0 Å². The lowest BCUT2D eigenvalue weighted by molar-refractivity contribution is -0.119. The normalized spacial score (nSPS) is 24.0. The first-order chi connectivity index (χ1) is 10.4. The predicted molar refractivity (Wildman–Crippen MR) is 86.3 cm³/mol. The Morgan fingerprint density at radius 3 is 2.82 bits per heavy atom. The molecule has 0 radical (unpaired) electrons. The number of amides is 2. The van der Waals surface area contributed by atoms with Crippen LogP contribution in [0.25, 0.3) is 0 Å². The van der Waals surface area contributed by atoms with Crippen molar-refractivity contribution in [2.75, 3.05) is 39.1 Å². The average Bonchev–Trinajstić information content (AvgIpc) is 2.46. The number of nitrogens with one attached hydrogen (secondary N) is 1. The summed E-state index contributed by atoms with van der Waals surface area (Å²) in [6, 6.07) is 0. The molecular weight excluding hydrogens is 328 g/mol. The lowest BCUT2D eigenvalue weighted by atomic mass is 10.1. The first kappa shape index (κ1) is 17.4. The van der Waals surface area contributed by atoms with Crippen LogP contribution in [0.4, 0.5) is 4.79 Å². The maximum Gasteiger partial charge on any atom is 0.446 e. The fourth-order valence-corrected chi connectivity index (χ4v) is 3.47. The zero-order valence-electron chi connectivity index (χ0n) is 12.8. The highest BCUT2D eigenvalue weighted by Crippen LogP contribution is 2.23. The van der Waals surface area contributed by atoms with Gasteiger partial charge >= 0.3 is 6.09 Å². The number of carbonyl (C=O) groups excluding carboxylic acids is 2. The summed E-state index contributed by atoms with van der Waals surface area (Å²) in [4.78, 5) is 28.3. The van der Waals surface area contributed by atoms with Crippen LogP contribution in [-0.2, 0) is 14.4 Å². The van der Waals surface area contributed by atoms with Gasteiger partial charge in [0.05, 0.1) is 24.5 Å². The summed E-state index contributed by atoms with van der Waals surface area (Å²) in [5.41, 5.74) is -0.629. The molecule has 2 fully saturated rings. The van der Waals surface area contributed by atoms with Crippen LogP contribution in [0.2, 0.25) is 0 Å². The molecule has 2 aliphatic rings. The number of carbonyl (C=O) groups is 2. The van der Waals surface area contributed by atoms with Crippen molar-refractivity contribution >= 4 is 40.9 Å². The standard InChI is InChI=1S/C12H20N4O4S2/c1-12(2)10(21-8-9(17)13-12)14-20-11(18)15(3)22-16-4-6-19-7-5-16/h4-8H2,1-3H3,(H,13,17). The van der Waals surface area contributed by atoms with Crippen LogP contribution in [0.5, 0.6) is 0 Å². The van der Waals surface area contributed by atoms with E-state index in [0.717, 1.165) is 13.1 Å². The van der Waals surface area contributed by atoms with E-state index in [2.05, 4.69) is 10.5 Å². The zero-order valence-corrected chi connectivity index (χ0v) is 14.5. The summed E-state index contributed by atoms with van der Waals surface area (Å²) >= 11 is 2.56. The van der Waals surface area contributed by atoms with Crippen LogP contribution in [0.1, 0.15) is 13.8 Å². The second-order valence-corrected chi connectivity index (χ2v) is 7.53. The highest BCUT2D eigenvalue weighted by atomic mass is 32.2. The number of rotatable bonds is 3. The Kier molecular flexibility index (Phi) is 5.95. The molecule has 8 nitrogen and oxygen atoms in total. The van der Waals surface area contributed by atoms with Crippen LogP contribution in [-0.4, -0.2) is 70.3 Å². The SMILES string of the molecule is CN(SN1CCOCC1)C(=O)ON=C1SCC(=O)NC1(C)C. The average molecular weight is 348 g/mol. The van der Waals surface area contributed by atoms with Crippen LogP contribution >= 0.6 is 23.9 Å². The van der Waals surface area contributed by atoms with Gasteiger partial charge in [-0.3, -0.25) is 9.63 Å². The summed E-state index contributed by atoms with van der Waals surface area (Å²) in [5, 5.41) is 7.28. The summed E-state index contributed by atoms with van der Waals surface area (Å²) in [6.45, 7) is 6.45.